The number of nitrogens with one attached hydrogen (secondary N) is 1. The molecule has 0 aliphatic heterocycles. The Morgan fingerprint density at radius 3 is 3.18 bits per heavy atom. The first-order chi connectivity index (χ1) is 8.31. The van der Waals surface area contributed by atoms with Gasteiger partial charge in [-0.05, 0) is 30.7 Å². The summed E-state index contributed by atoms with van der Waals surface area (Å²) in [5.74, 6) is 2.66. The van der Waals surface area contributed by atoms with E-state index in [1.807, 2.05) is 18.3 Å². The molecule has 1 saturated carbocycles. The fourth-order valence-corrected chi connectivity index (χ4v) is 2.67. The fraction of sp³-hybridized carbons (Fsp3) is 0.538. The Morgan fingerprint density at radius 2 is 2.35 bits per heavy atom. The van der Waals surface area contributed by atoms with Crippen LogP contribution in [0, 0.1) is 11.8 Å². The van der Waals surface area contributed by atoms with Crippen molar-refractivity contribution in [2.24, 2.45) is 11.8 Å². The maximum Gasteiger partial charge on any atom is 0.157 e. The average molecular weight is 230 g/mol. The van der Waals surface area contributed by atoms with Gasteiger partial charge in [0.05, 0.1) is 6.20 Å². The molecule has 0 spiro atoms. The predicted octanol–water partition coefficient (Wildman–Crippen LogP) is 2.58. The Balaban J connectivity index is 1.64. The lowest BCUT2D eigenvalue weighted by Crippen LogP contribution is -2.12. The molecule has 3 rings (SSSR count). The van der Waals surface area contributed by atoms with Gasteiger partial charge in [-0.2, -0.15) is 5.10 Å². The van der Waals surface area contributed by atoms with Crippen LogP contribution in [0.1, 0.15) is 26.2 Å². The van der Waals surface area contributed by atoms with Crippen molar-refractivity contribution < 1.29 is 0 Å². The van der Waals surface area contributed by atoms with Gasteiger partial charge >= 0.3 is 0 Å². The van der Waals surface area contributed by atoms with Crippen molar-refractivity contribution in [3.8, 4) is 0 Å². The van der Waals surface area contributed by atoms with Crippen LogP contribution in [0.4, 0.5) is 5.82 Å². The van der Waals surface area contributed by atoms with Gasteiger partial charge in [0, 0.05) is 18.8 Å². The van der Waals surface area contributed by atoms with E-state index < -0.39 is 0 Å². The zero-order valence-corrected chi connectivity index (χ0v) is 10.1. The molecule has 2 unspecified atom stereocenters. The number of aromatic nitrogens is 3. The first-order valence-corrected chi connectivity index (χ1v) is 6.35. The maximum atomic E-state index is 4.50. The van der Waals surface area contributed by atoms with Crippen molar-refractivity contribution in [3.05, 3.63) is 24.5 Å². The number of hydrogen-bond acceptors (Lipinski definition) is 3. The lowest BCUT2D eigenvalue weighted by atomic mass is 10.1. The smallest absolute Gasteiger partial charge is 0.157 e. The highest BCUT2D eigenvalue weighted by atomic mass is 15.2. The quantitative estimate of drug-likeness (QED) is 0.881. The molecule has 4 nitrogen and oxygen atoms in total. The number of nitrogens with zero attached hydrogens (tertiary/aromatic N) is 3. The van der Waals surface area contributed by atoms with E-state index in [0.717, 1.165) is 29.8 Å². The topological polar surface area (TPSA) is 42.2 Å². The molecule has 2 aromatic heterocycles. The van der Waals surface area contributed by atoms with Crippen LogP contribution in [0.5, 0.6) is 0 Å². The standard InChI is InChI=1S/C13H18N4/c1-10-2-3-11(8-10)9-14-12-5-7-17-13(16-12)4-6-15-17/h4-7,10-11H,2-3,8-9H2,1H3,(H,14,16). The summed E-state index contributed by atoms with van der Waals surface area (Å²) in [6, 6.07) is 3.90. The summed E-state index contributed by atoms with van der Waals surface area (Å²) in [7, 11) is 0. The van der Waals surface area contributed by atoms with Crippen molar-refractivity contribution in [2.45, 2.75) is 26.2 Å². The Kier molecular flexibility index (Phi) is 2.71. The summed E-state index contributed by atoms with van der Waals surface area (Å²) >= 11 is 0. The van der Waals surface area contributed by atoms with Crippen molar-refractivity contribution in [1.29, 1.82) is 0 Å². The number of anilines is 1. The van der Waals surface area contributed by atoms with Gasteiger partial charge in [-0.1, -0.05) is 13.3 Å². The highest BCUT2D eigenvalue weighted by Crippen LogP contribution is 2.30. The van der Waals surface area contributed by atoms with Gasteiger partial charge in [-0.3, -0.25) is 0 Å². The van der Waals surface area contributed by atoms with E-state index in [1.54, 1.807) is 10.7 Å². The van der Waals surface area contributed by atoms with Crippen LogP contribution >= 0.6 is 0 Å². The van der Waals surface area contributed by atoms with E-state index in [-0.39, 0.29) is 0 Å². The maximum absolute atomic E-state index is 4.50. The lowest BCUT2D eigenvalue weighted by Gasteiger charge is -2.11. The molecule has 0 bridgehead atoms. The largest absolute Gasteiger partial charge is 0.370 e. The molecule has 2 aromatic rings. The Labute approximate surface area is 101 Å². The van der Waals surface area contributed by atoms with E-state index in [0.29, 0.717) is 0 Å². The fourth-order valence-electron chi connectivity index (χ4n) is 2.67. The predicted molar refractivity (Wildman–Crippen MR) is 68.0 cm³/mol. The third-order valence-electron chi connectivity index (χ3n) is 3.63. The molecular formula is C13H18N4. The second-order valence-corrected chi connectivity index (χ2v) is 5.11. The van der Waals surface area contributed by atoms with Gasteiger partial charge in [-0.25, -0.2) is 9.50 Å². The first-order valence-electron chi connectivity index (χ1n) is 6.35. The molecule has 4 heteroatoms. The molecule has 1 aliphatic rings. The highest BCUT2D eigenvalue weighted by molar-refractivity contribution is 5.45. The summed E-state index contributed by atoms with van der Waals surface area (Å²) < 4.78 is 1.78. The van der Waals surface area contributed by atoms with Crippen molar-refractivity contribution >= 4 is 11.5 Å². The van der Waals surface area contributed by atoms with Crippen LogP contribution in [-0.4, -0.2) is 21.1 Å². The van der Waals surface area contributed by atoms with E-state index in [4.69, 9.17) is 0 Å². The second kappa shape index (κ2) is 4.35. The van der Waals surface area contributed by atoms with Gasteiger partial charge in [0.2, 0.25) is 0 Å². The lowest BCUT2D eigenvalue weighted by molar-refractivity contribution is 0.536. The van der Waals surface area contributed by atoms with Crippen LogP contribution in [0.25, 0.3) is 5.65 Å². The molecule has 2 atom stereocenters. The van der Waals surface area contributed by atoms with Crippen molar-refractivity contribution in [3.63, 3.8) is 0 Å². The van der Waals surface area contributed by atoms with Gasteiger partial charge in [0.1, 0.15) is 5.82 Å². The number of rotatable bonds is 3. The Morgan fingerprint density at radius 1 is 1.41 bits per heavy atom. The summed E-state index contributed by atoms with van der Waals surface area (Å²) in [4.78, 5) is 4.50. The molecule has 0 amide bonds. The molecule has 90 valence electrons. The molecule has 0 saturated heterocycles. The average Bonchev–Trinajstić information content (AvgIpc) is 2.94. The Bertz CT molecular complexity index is 505. The molecular weight excluding hydrogens is 212 g/mol. The van der Waals surface area contributed by atoms with Crippen molar-refractivity contribution in [2.75, 3.05) is 11.9 Å². The van der Waals surface area contributed by atoms with E-state index >= 15 is 0 Å². The van der Waals surface area contributed by atoms with Crippen molar-refractivity contribution in [1.82, 2.24) is 14.6 Å². The molecule has 1 fully saturated rings. The molecule has 0 radical (unpaired) electrons. The minimum Gasteiger partial charge on any atom is -0.370 e. The minimum absolute atomic E-state index is 0.813. The van der Waals surface area contributed by atoms with Crippen LogP contribution in [0.3, 0.4) is 0 Å². The highest BCUT2D eigenvalue weighted by Gasteiger charge is 2.20. The third-order valence-corrected chi connectivity index (χ3v) is 3.63. The second-order valence-electron chi connectivity index (χ2n) is 5.11. The summed E-state index contributed by atoms with van der Waals surface area (Å²) in [6.07, 6.45) is 7.79. The normalized spacial score (nSPS) is 24.3. The molecule has 1 N–H and O–H groups in total. The molecule has 17 heavy (non-hydrogen) atoms. The van der Waals surface area contributed by atoms with E-state index in [1.165, 1.54) is 19.3 Å². The van der Waals surface area contributed by atoms with Gasteiger partial charge < -0.3 is 5.32 Å². The molecule has 2 heterocycles. The van der Waals surface area contributed by atoms with E-state index in [2.05, 4.69) is 22.3 Å². The van der Waals surface area contributed by atoms with E-state index in [9.17, 15) is 0 Å². The zero-order valence-electron chi connectivity index (χ0n) is 10.1. The van der Waals surface area contributed by atoms with Crippen LogP contribution in [0.15, 0.2) is 24.5 Å². The minimum atomic E-state index is 0.813. The third kappa shape index (κ3) is 2.25. The summed E-state index contributed by atoms with van der Waals surface area (Å²) in [6.45, 7) is 3.39. The monoisotopic (exact) mass is 230 g/mol. The number of fused-ring (bicyclic) bond motifs is 1. The van der Waals surface area contributed by atoms with Crippen LogP contribution in [-0.2, 0) is 0 Å². The van der Waals surface area contributed by atoms with Gasteiger partial charge in [0.15, 0.2) is 5.65 Å². The Hall–Kier alpha value is -1.58. The van der Waals surface area contributed by atoms with Crippen LogP contribution in [0.2, 0.25) is 0 Å². The molecule has 1 aliphatic carbocycles. The zero-order chi connectivity index (χ0) is 11.7. The number of hydrogen-bond donors (Lipinski definition) is 1. The van der Waals surface area contributed by atoms with Crippen LogP contribution < -0.4 is 5.32 Å². The van der Waals surface area contributed by atoms with Gasteiger partial charge in [0.25, 0.3) is 0 Å². The molecule has 0 aromatic carbocycles. The van der Waals surface area contributed by atoms with Gasteiger partial charge in [-0.15, -0.1) is 0 Å². The SMILES string of the molecule is CC1CCC(CNc2ccn3nccc3n2)C1. The summed E-state index contributed by atoms with van der Waals surface area (Å²) in [5, 5.41) is 7.57. The first kappa shape index (κ1) is 10.6. The summed E-state index contributed by atoms with van der Waals surface area (Å²) in [5.41, 5.74) is 0.898.